The Labute approximate surface area is 392 Å². The number of carbonyl (C=O) groups excluding carboxylic acids is 2. The molecule has 360 valence electrons. The maximum absolute atomic E-state index is 15.2. The third-order valence-corrected chi connectivity index (χ3v) is 13.9. The summed E-state index contributed by atoms with van der Waals surface area (Å²) in [5.74, 6) is -1.86. The number of benzene rings is 3. The molecule has 0 bridgehead atoms. The van der Waals surface area contributed by atoms with Gasteiger partial charge in [-0.15, -0.1) is 6.58 Å². The number of carbonyl (C=O) groups is 2. The lowest BCUT2D eigenvalue weighted by Crippen LogP contribution is -2.70. The van der Waals surface area contributed by atoms with E-state index in [0.717, 1.165) is 68.1 Å². The third-order valence-electron chi connectivity index (χ3n) is 13.9. The molecule has 0 aromatic heterocycles. The lowest BCUT2D eigenvalue weighted by atomic mass is 9.55. The highest BCUT2D eigenvalue weighted by Gasteiger charge is 2.65. The molecule has 0 spiro atoms. The Bertz CT molecular complexity index is 2230. The molecule has 3 aliphatic carbocycles. The number of ether oxygens (including phenoxy) is 3. The van der Waals surface area contributed by atoms with Gasteiger partial charge in [-0.3, -0.25) is 14.9 Å². The molecule has 4 aliphatic rings. The summed E-state index contributed by atoms with van der Waals surface area (Å²) >= 11 is 0. The zero-order valence-electron chi connectivity index (χ0n) is 38.5. The van der Waals surface area contributed by atoms with E-state index in [9.17, 15) is 29.5 Å². The molecule has 3 aromatic carbocycles. The van der Waals surface area contributed by atoms with E-state index in [4.69, 9.17) is 24.2 Å². The molecule has 3 aromatic rings. The van der Waals surface area contributed by atoms with Gasteiger partial charge in [-0.1, -0.05) is 68.0 Å². The molecule has 0 saturated heterocycles. The van der Waals surface area contributed by atoms with Crippen molar-refractivity contribution in [3.05, 3.63) is 124 Å². The van der Waals surface area contributed by atoms with Crippen molar-refractivity contribution in [2.45, 2.75) is 121 Å². The minimum absolute atomic E-state index is 0.00876. The Morgan fingerprint density at radius 1 is 1.00 bits per heavy atom. The van der Waals surface area contributed by atoms with Crippen molar-refractivity contribution in [1.29, 1.82) is 0 Å². The monoisotopic (exact) mass is 924 g/mol. The SMILES string of the molecule is C=CCO[C@@]12Oc3ccc(OC(=O)NCC)cc3[C@H]3[C@H](CCCCO)[C@@H](CCCCO)C=C(C(=NOCc4ccc([N+](=O)[O-])cc4)C[C@@H]1N(Cc1ccc(F)cc1)C(=O)CCC1CCCC1)[C@H]32. The summed E-state index contributed by atoms with van der Waals surface area (Å²) in [6, 6.07) is 16.8. The fraction of sp³-hybridized carbons (Fsp3) is 0.519. The molecule has 2 amide bonds. The minimum Gasteiger partial charge on any atom is -0.459 e. The summed E-state index contributed by atoms with van der Waals surface area (Å²) in [4.78, 5) is 47.0. The lowest BCUT2D eigenvalue weighted by molar-refractivity contribution is -0.384. The van der Waals surface area contributed by atoms with Crippen LogP contribution in [0.5, 0.6) is 11.5 Å². The standard InChI is InChI=1S/C52H65FN4O10/c1-3-29-64-52-47(56(33-36-15-20-39(53)21-16-36)48(60)26-19-35-11-5-6-12-35)32-45(55-65-34-37-17-22-40(23-18-37)57(62)63)43-30-38(13-7-9-27-58)42(14-8-10-28-59)49(50(43)52)44-31-41(24-25-46(44)67-52)66-51(61)54-4-2/h3,15-18,20-25,30-31,35,38,42,47,49-50,58-59H,1,4-14,19,26-29,32-34H2,2H3,(H,54,61)/t38-,42+,47-,49+,50+,52+/m0/s1. The van der Waals surface area contributed by atoms with Gasteiger partial charge in [0, 0.05) is 62.8 Å². The topological polar surface area (TPSA) is 182 Å². The highest BCUT2D eigenvalue weighted by molar-refractivity contribution is 6.03. The van der Waals surface area contributed by atoms with Gasteiger partial charge < -0.3 is 39.5 Å². The predicted molar refractivity (Wildman–Crippen MR) is 251 cm³/mol. The minimum atomic E-state index is -1.54. The smallest absolute Gasteiger partial charge is 0.412 e. The average Bonchev–Trinajstić information content (AvgIpc) is 3.86. The number of allylic oxidation sites excluding steroid dienone is 1. The number of unbranched alkanes of at least 4 members (excludes halogenated alkanes) is 2. The highest BCUT2D eigenvalue weighted by Crippen LogP contribution is 2.62. The second-order valence-corrected chi connectivity index (χ2v) is 18.2. The van der Waals surface area contributed by atoms with Crippen molar-refractivity contribution < 1.29 is 48.2 Å². The van der Waals surface area contributed by atoms with Gasteiger partial charge in [0.25, 0.3) is 5.69 Å². The van der Waals surface area contributed by atoms with Gasteiger partial charge >= 0.3 is 6.09 Å². The van der Waals surface area contributed by atoms with Crippen molar-refractivity contribution in [3.63, 3.8) is 0 Å². The summed E-state index contributed by atoms with van der Waals surface area (Å²) in [6.45, 7) is 6.49. The average molecular weight is 925 g/mol. The summed E-state index contributed by atoms with van der Waals surface area (Å²) in [6.07, 6.45) is 13.0. The van der Waals surface area contributed by atoms with E-state index >= 15 is 4.79 Å². The zero-order chi connectivity index (χ0) is 47.3. The number of nitro benzene ring substituents is 1. The van der Waals surface area contributed by atoms with Gasteiger partial charge in [0.05, 0.1) is 23.2 Å². The van der Waals surface area contributed by atoms with Crippen molar-refractivity contribution in [2.75, 3.05) is 26.4 Å². The van der Waals surface area contributed by atoms with Gasteiger partial charge in [-0.25, -0.2) is 9.18 Å². The van der Waals surface area contributed by atoms with Crippen LogP contribution in [-0.2, 0) is 27.5 Å². The zero-order valence-corrected chi connectivity index (χ0v) is 38.5. The number of nitrogens with one attached hydrogen (secondary N) is 1. The summed E-state index contributed by atoms with van der Waals surface area (Å²) in [5.41, 5.74) is 3.54. The summed E-state index contributed by atoms with van der Waals surface area (Å²) in [7, 11) is 0. The van der Waals surface area contributed by atoms with E-state index in [1.807, 2.05) is 17.9 Å². The Kier molecular flexibility index (Phi) is 17.2. The van der Waals surface area contributed by atoms with Crippen molar-refractivity contribution in [1.82, 2.24) is 10.2 Å². The van der Waals surface area contributed by atoms with E-state index in [2.05, 4.69) is 18.0 Å². The number of aliphatic hydroxyl groups is 2. The molecule has 1 heterocycles. The fourth-order valence-electron chi connectivity index (χ4n) is 10.8. The van der Waals surface area contributed by atoms with Gasteiger partial charge in [0.2, 0.25) is 11.7 Å². The van der Waals surface area contributed by atoms with Crippen LogP contribution in [0.15, 0.2) is 96.2 Å². The van der Waals surface area contributed by atoms with Crippen molar-refractivity contribution in [2.24, 2.45) is 28.8 Å². The molecule has 67 heavy (non-hydrogen) atoms. The second kappa shape index (κ2) is 23.4. The number of aliphatic hydroxyl groups excluding tert-OH is 2. The number of oxime groups is 1. The van der Waals surface area contributed by atoms with Crippen LogP contribution < -0.4 is 14.8 Å². The Hall–Kier alpha value is -5.64. The van der Waals surface area contributed by atoms with E-state index in [0.29, 0.717) is 54.5 Å². The van der Waals surface area contributed by atoms with Crippen LogP contribution in [0.3, 0.4) is 0 Å². The van der Waals surface area contributed by atoms with E-state index in [1.54, 1.807) is 42.5 Å². The second-order valence-electron chi connectivity index (χ2n) is 18.2. The number of fused-ring (bicyclic) bond motifs is 2. The first-order valence-corrected chi connectivity index (χ1v) is 24.0. The summed E-state index contributed by atoms with van der Waals surface area (Å²) < 4.78 is 34.7. The first-order valence-electron chi connectivity index (χ1n) is 24.0. The Morgan fingerprint density at radius 3 is 2.40 bits per heavy atom. The van der Waals surface area contributed by atoms with Crippen LogP contribution in [0.2, 0.25) is 0 Å². The summed E-state index contributed by atoms with van der Waals surface area (Å²) in [5, 5.41) is 39.0. The molecule has 3 N–H and O–H groups in total. The first kappa shape index (κ1) is 49.3. The number of nitro groups is 1. The number of nitrogens with zero attached hydrogens (tertiary/aromatic N) is 3. The number of rotatable bonds is 23. The van der Waals surface area contributed by atoms with Gasteiger partial charge in [-0.05, 0) is 116 Å². The molecule has 7 rings (SSSR count). The maximum Gasteiger partial charge on any atom is 0.412 e. The van der Waals surface area contributed by atoms with Crippen LogP contribution in [0.25, 0.3) is 0 Å². The third kappa shape index (κ3) is 11.7. The van der Waals surface area contributed by atoms with Gasteiger partial charge in [-0.2, -0.15) is 0 Å². The highest BCUT2D eigenvalue weighted by atomic mass is 19.1. The Balaban J connectivity index is 1.43. The molecule has 15 heteroatoms. The molecule has 0 unspecified atom stereocenters. The van der Waals surface area contributed by atoms with Crippen molar-refractivity contribution in [3.8, 4) is 11.5 Å². The Morgan fingerprint density at radius 2 is 1.72 bits per heavy atom. The normalized spacial score (nSPS) is 23.6. The van der Waals surface area contributed by atoms with E-state index in [1.165, 1.54) is 24.3 Å². The molecule has 0 radical (unpaired) electrons. The maximum atomic E-state index is 15.2. The quantitative estimate of drug-likeness (QED) is 0.0358. The predicted octanol–water partition coefficient (Wildman–Crippen LogP) is 9.68. The largest absolute Gasteiger partial charge is 0.459 e. The molecular formula is C52H65FN4O10. The number of non-ortho nitro benzene ring substituents is 1. The molecule has 1 aliphatic heterocycles. The van der Waals surface area contributed by atoms with Crippen molar-refractivity contribution >= 4 is 23.4 Å². The molecule has 6 atom stereocenters. The molecular weight excluding hydrogens is 860 g/mol. The van der Waals surface area contributed by atoms with E-state index < -0.39 is 34.6 Å². The van der Waals surface area contributed by atoms with Crippen LogP contribution in [0.1, 0.15) is 113 Å². The van der Waals surface area contributed by atoms with Gasteiger partial charge in [0.1, 0.15) is 30.0 Å². The molecule has 2 fully saturated rings. The van der Waals surface area contributed by atoms with E-state index in [-0.39, 0.29) is 75.2 Å². The van der Waals surface area contributed by atoms with Crippen LogP contribution in [-0.4, -0.2) is 75.9 Å². The van der Waals surface area contributed by atoms with Gasteiger partial charge in [0.15, 0.2) is 0 Å². The number of hydrogen-bond acceptors (Lipinski definition) is 11. The number of amides is 2. The number of hydrogen-bond donors (Lipinski definition) is 3. The fourth-order valence-corrected chi connectivity index (χ4v) is 10.8. The number of halogens is 1. The molecule has 14 nitrogen and oxygen atoms in total. The lowest BCUT2D eigenvalue weighted by Gasteiger charge is -2.60. The van der Waals surface area contributed by atoms with Crippen LogP contribution in [0, 0.1) is 39.6 Å². The van der Waals surface area contributed by atoms with Crippen LogP contribution >= 0.6 is 0 Å². The van der Waals surface area contributed by atoms with Crippen LogP contribution in [0.4, 0.5) is 14.9 Å². The first-order chi connectivity index (χ1) is 32.6. The molecule has 2 saturated carbocycles.